The van der Waals surface area contributed by atoms with Crippen LogP contribution in [0.3, 0.4) is 0 Å². The Morgan fingerprint density at radius 2 is 2.15 bits per heavy atom. The predicted octanol–water partition coefficient (Wildman–Crippen LogP) is 2.78. The zero-order valence-corrected chi connectivity index (χ0v) is 12.9. The highest BCUT2D eigenvalue weighted by atomic mass is 79.9. The number of halogens is 1. The minimum absolute atomic E-state index is 0.173. The number of benzene rings is 1. The molecule has 2 rings (SSSR count). The maximum absolute atomic E-state index is 12.2. The lowest BCUT2D eigenvalue weighted by Gasteiger charge is -2.06. The third-order valence-electron chi connectivity index (χ3n) is 2.57. The Kier molecular flexibility index (Phi) is 5.36. The molecular weight excluding hydrogens is 338 g/mol. The zero-order chi connectivity index (χ0) is 14.4. The Bertz CT molecular complexity index is 670. The molecule has 0 aliphatic carbocycles. The van der Waals surface area contributed by atoms with Gasteiger partial charge < -0.3 is 10.4 Å². The van der Waals surface area contributed by atoms with Gasteiger partial charge in [0.25, 0.3) is 5.91 Å². The van der Waals surface area contributed by atoms with Crippen LogP contribution in [0.4, 0.5) is 0 Å². The Balaban J connectivity index is 2.11. The number of amides is 1. The summed E-state index contributed by atoms with van der Waals surface area (Å²) in [6, 6.07) is 9.04. The van der Waals surface area contributed by atoms with E-state index in [1.54, 1.807) is 29.5 Å². The average molecular weight is 350 g/mol. The molecule has 0 bridgehead atoms. The fraction of sp³-hybridized carbons (Fsp3) is 0.133. The van der Waals surface area contributed by atoms with Gasteiger partial charge in [0.15, 0.2) is 0 Å². The highest BCUT2D eigenvalue weighted by Gasteiger charge is 2.10. The summed E-state index contributed by atoms with van der Waals surface area (Å²) in [5, 5.41) is 13.6. The minimum Gasteiger partial charge on any atom is -0.384 e. The van der Waals surface area contributed by atoms with Crippen molar-refractivity contribution in [1.82, 2.24) is 5.32 Å². The molecule has 0 fully saturated rings. The number of hydrogen-bond donors (Lipinski definition) is 2. The highest BCUT2D eigenvalue weighted by Crippen LogP contribution is 2.22. The number of hydrogen-bond acceptors (Lipinski definition) is 3. The second-order valence-corrected chi connectivity index (χ2v) is 5.73. The van der Waals surface area contributed by atoms with Crippen LogP contribution in [0.15, 0.2) is 40.2 Å². The van der Waals surface area contributed by atoms with Crippen LogP contribution in [0.1, 0.15) is 20.8 Å². The Hall–Kier alpha value is -1.61. The van der Waals surface area contributed by atoms with E-state index in [1.165, 1.54) is 0 Å². The first-order valence-corrected chi connectivity index (χ1v) is 7.58. The molecule has 0 aliphatic rings. The van der Waals surface area contributed by atoms with Crippen molar-refractivity contribution in [2.45, 2.75) is 6.54 Å². The smallest absolute Gasteiger partial charge is 0.252 e. The van der Waals surface area contributed by atoms with E-state index in [0.29, 0.717) is 17.7 Å². The van der Waals surface area contributed by atoms with Crippen LogP contribution in [-0.2, 0) is 6.54 Å². The molecule has 0 radical (unpaired) electrons. The van der Waals surface area contributed by atoms with Gasteiger partial charge in [-0.1, -0.05) is 24.0 Å². The molecule has 1 aromatic heterocycles. The lowest BCUT2D eigenvalue weighted by atomic mass is 10.1. The van der Waals surface area contributed by atoms with Crippen molar-refractivity contribution >= 4 is 33.2 Å². The number of nitrogens with one attached hydrogen (secondary N) is 1. The fourth-order valence-corrected chi connectivity index (χ4v) is 3.06. The van der Waals surface area contributed by atoms with E-state index in [1.807, 2.05) is 17.5 Å². The van der Waals surface area contributed by atoms with Crippen molar-refractivity contribution < 1.29 is 9.90 Å². The van der Waals surface area contributed by atoms with Crippen LogP contribution in [-0.4, -0.2) is 17.6 Å². The maximum atomic E-state index is 12.2. The molecule has 5 heteroatoms. The summed E-state index contributed by atoms with van der Waals surface area (Å²) in [6.45, 7) is 0.247. The monoisotopic (exact) mass is 349 g/mol. The van der Waals surface area contributed by atoms with Gasteiger partial charge in [-0.15, -0.1) is 11.3 Å². The molecule has 102 valence electrons. The summed E-state index contributed by atoms with van der Waals surface area (Å²) in [4.78, 5) is 13.3. The summed E-state index contributed by atoms with van der Waals surface area (Å²) >= 11 is 5.01. The Labute approximate surface area is 129 Å². The summed E-state index contributed by atoms with van der Waals surface area (Å²) in [5.74, 6) is 5.17. The van der Waals surface area contributed by atoms with Crippen LogP contribution in [0.25, 0.3) is 0 Å². The zero-order valence-electron chi connectivity index (χ0n) is 10.5. The second-order valence-electron chi connectivity index (χ2n) is 3.88. The Morgan fingerprint density at radius 3 is 2.85 bits per heavy atom. The molecule has 0 saturated carbocycles. The van der Waals surface area contributed by atoms with E-state index in [-0.39, 0.29) is 12.5 Å². The summed E-state index contributed by atoms with van der Waals surface area (Å²) in [6.07, 6.45) is 0. The predicted molar refractivity (Wildman–Crippen MR) is 83.6 cm³/mol. The third kappa shape index (κ3) is 3.70. The van der Waals surface area contributed by atoms with E-state index in [4.69, 9.17) is 5.11 Å². The average Bonchev–Trinajstić information content (AvgIpc) is 2.88. The normalized spacial score (nSPS) is 9.70. The molecule has 20 heavy (non-hydrogen) atoms. The van der Waals surface area contributed by atoms with Gasteiger partial charge in [0, 0.05) is 14.9 Å². The van der Waals surface area contributed by atoms with Crippen LogP contribution < -0.4 is 5.32 Å². The Morgan fingerprint density at radius 1 is 1.35 bits per heavy atom. The molecule has 0 unspecified atom stereocenters. The molecule has 1 aromatic carbocycles. The topological polar surface area (TPSA) is 49.3 Å². The van der Waals surface area contributed by atoms with Crippen molar-refractivity contribution in [2.24, 2.45) is 0 Å². The van der Waals surface area contributed by atoms with E-state index in [2.05, 4.69) is 33.1 Å². The molecule has 2 N–H and O–H groups in total. The van der Waals surface area contributed by atoms with Crippen LogP contribution in [0.2, 0.25) is 0 Å². The van der Waals surface area contributed by atoms with E-state index < -0.39 is 0 Å². The van der Waals surface area contributed by atoms with Crippen LogP contribution in [0.5, 0.6) is 0 Å². The van der Waals surface area contributed by atoms with Gasteiger partial charge in [-0.3, -0.25) is 4.79 Å². The van der Waals surface area contributed by atoms with Crippen molar-refractivity contribution in [2.75, 3.05) is 6.61 Å². The molecule has 3 nitrogen and oxygen atoms in total. The molecule has 2 aromatic rings. The summed E-state index contributed by atoms with van der Waals surface area (Å²) in [5.41, 5.74) is 1.13. The van der Waals surface area contributed by atoms with Crippen LogP contribution in [0, 0.1) is 11.8 Å². The third-order valence-corrected chi connectivity index (χ3v) is 4.50. The lowest BCUT2D eigenvalue weighted by Crippen LogP contribution is -2.23. The minimum atomic E-state index is -0.224. The van der Waals surface area contributed by atoms with Gasteiger partial charge >= 0.3 is 0 Å². The molecule has 0 saturated heterocycles. The summed E-state index contributed by atoms with van der Waals surface area (Å²) < 4.78 is 0.996. The SMILES string of the molecule is O=C(NCc1sccc1Br)c1ccccc1C#CCO. The second kappa shape index (κ2) is 7.25. The molecule has 0 spiro atoms. The van der Waals surface area contributed by atoms with Gasteiger partial charge in [-0.25, -0.2) is 0 Å². The van der Waals surface area contributed by atoms with Crippen molar-refractivity contribution in [1.29, 1.82) is 0 Å². The molecule has 1 heterocycles. The van der Waals surface area contributed by atoms with E-state index >= 15 is 0 Å². The van der Waals surface area contributed by atoms with Gasteiger partial charge in [-0.2, -0.15) is 0 Å². The first kappa shape index (κ1) is 14.8. The number of carbonyl (C=O) groups excluding carboxylic acids is 1. The van der Waals surface area contributed by atoms with Gasteiger partial charge in [0.1, 0.15) is 6.61 Å². The van der Waals surface area contributed by atoms with Gasteiger partial charge in [0.05, 0.1) is 12.1 Å². The van der Waals surface area contributed by atoms with E-state index in [0.717, 1.165) is 9.35 Å². The fourth-order valence-electron chi connectivity index (χ4n) is 1.63. The highest BCUT2D eigenvalue weighted by molar-refractivity contribution is 9.10. The maximum Gasteiger partial charge on any atom is 0.252 e. The first-order chi connectivity index (χ1) is 9.72. The van der Waals surface area contributed by atoms with Crippen LogP contribution >= 0.6 is 27.3 Å². The number of aliphatic hydroxyl groups is 1. The number of rotatable bonds is 3. The number of aliphatic hydroxyl groups excluding tert-OH is 1. The van der Waals surface area contributed by atoms with Crippen molar-refractivity contribution in [3.8, 4) is 11.8 Å². The van der Waals surface area contributed by atoms with Crippen molar-refractivity contribution in [3.63, 3.8) is 0 Å². The number of carbonyl (C=O) groups is 1. The lowest BCUT2D eigenvalue weighted by molar-refractivity contribution is 0.0951. The molecular formula is C15H12BrNO2S. The molecule has 0 atom stereocenters. The standard InChI is InChI=1S/C15H12BrNO2S/c16-13-7-9-20-14(13)10-17-15(19)12-6-2-1-4-11(12)5-3-8-18/h1-2,4,6-7,9,18H,8,10H2,(H,17,19). The molecule has 1 amide bonds. The van der Waals surface area contributed by atoms with Gasteiger partial charge in [-0.05, 0) is 39.5 Å². The first-order valence-electron chi connectivity index (χ1n) is 5.91. The number of thiophene rings is 1. The molecule has 0 aliphatic heterocycles. The van der Waals surface area contributed by atoms with Gasteiger partial charge in [0.2, 0.25) is 0 Å². The largest absolute Gasteiger partial charge is 0.384 e. The van der Waals surface area contributed by atoms with Crippen molar-refractivity contribution in [3.05, 3.63) is 56.2 Å². The summed E-state index contributed by atoms with van der Waals surface area (Å²) in [7, 11) is 0. The van der Waals surface area contributed by atoms with E-state index in [9.17, 15) is 4.79 Å². The quantitative estimate of drug-likeness (QED) is 0.837.